The van der Waals surface area contributed by atoms with Crippen LogP contribution in [0.25, 0.3) is 0 Å². The van der Waals surface area contributed by atoms with Crippen molar-refractivity contribution < 1.29 is 19.1 Å². The molecular formula is C29H42N2O4. The first-order valence-electron chi connectivity index (χ1n) is 13.7. The predicted molar refractivity (Wildman–Crippen MR) is 138 cm³/mol. The van der Waals surface area contributed by atoms with Crippen LogP contribution in [0.1, 0.15) is 95.6 Å². The summed E-state index contributed by atoms with van der Waals surface area (Å²) in [5.41, 5.74) is 2.22. The molecule has 3 aliphatic rings. The quantitative estimate of drug-likeness (QED) is 0.329. The van der Waals surface area contributed by atoms with Gasteiger partial charge in [0.2, 0.25) is 5.91 Å². The van der Waals surface area contributed by atoms with Crippen LogP contribution < -0.4 is 9.47 Å². The van der Waals surface area contributed by atoms with Gasteiger partial charge in [-0.1, -0.05) is 50.3 Å². The van der Waals surface area contributed by atoms with Gasteiger partial charge in [0.05, 0.1) is 13.7 Å². The monoisotopic (exact) mass is 482 g/mol. The molecule has 35 heavy (non-hydrogen) atoms. The van der Waals surface area contributed by atoms with Gasteiger partial charge in [0.25, 0.3) is 5.91 Å². The molecule has 0 aromatic heterocycles. The van der Waals surface area contributed by atoms with Gasteiger partial charge >= 0.3 is 0 Å². The Labute approximate surface area is 210 Å². The second-order valence-electron chi connectivity index (χ2n) is 10.2. The first-order chi connectivity index (χ1) is 17.1. The first-order valence-corrected chi connectivity index (χ1v) is 13.7. The third-order valence-corrected chi connectivity index (χ3v) is 7.74. The van der Waals surface area contributed by atoms with E-state index in [9.17, 15) is 9.59 Å². The van der Waals surface area contributed by atoms with Gasteiger partial charge in [0, 0.05) is 12.6 Å². The molecule has 1 aliphatic heterocycles. The lowest BCUT2D eigenvalue weighted by molar-refractivity contribution is -0.158. The van der Waals surface area contributed by atoms with E-state index in [-0.39, 0.29) is 24.4 Å². The average molecular weight is 483 g/mol. The number of ether oxygens (including phenoxy) is 2. The molecule has 1 aromatic carbocycles. The molecular weight excluding hydrogens is 440 g/mol. The Bertz CT molecular complexity index is 904. The topological polar surface area (TPSA) is 59.1 Å². The smallest absolute Gasteiger partial charge is 0.250 e. The van der Waals surface area contributed by atoms with E-state index in [1.807, 2.05) is 28.0 Å². The highest BCUT2D eigenvalue weighted by Crippen LogP contribution is 2.37. The third-order valence-electron chi connectivity index (χ3n) is 7.74. The van der Waals surface area contributed by atoms with E-state index in [0.29, 0.717) is 24.7 Å². The average Bonchev–Trinajstić information content (AvgIpc) is 3.18. The first kappa shape index (κ1) is 25.6. The Hall–Kier alpha value is -2.50. The molecule has 1 saturated heterocycles. The van der Waals surface area contributed by atoms with Crippen molar-refractivity contribution in [3.63, 3.8) is 0 Å². The van der Waals surface area contributed by atoms with E-state index >= 15 is 0 Å². The zero-order chi connectivity index (χ0) is 24.6. The fraction of sp³-hybridized carbons (Fsp3) is 0.655. The maximum atomic E-state index is 14.0. The van der Waals surface area contributed by atoms with Crippen LogP contribution in [0.3, 0.4) is 0 Å². The van der Waals surface area contributed by atoms with E-state index in [1.165, 1.54) is 31.3 Å². The number of methoxy groups -OCH3 is 1. The summed E-state index contributed by atoms with van der Waals surface area (Å²) in [7, 11) is 1.62. The van der Waals surface area contributed by atoms with Crippen LogP contribution in [0.15, 0.2) is 29.8 Å². The summed E-state index contributed by atoms with van der Waals surface area (Å²) in [5, 5.41) is 0. The Morgan fingerprint density at radius 3 is 2.49 bits per heavy atom. The largest absolute Gasteiger partial charge is 0.493 e. The number of allylic oxidation sites excluding steroid dienone is 1. The second-order valence-corrected chi connectivity index (χ2v) is 10.2. The number of carbonyl (C=O) groups is 2. The molecule has 1 atom stereocenters. The van der Waals surface area contributed by atoms with Crippen molar-refractivity contribution in [1.29, 1.82) is 0 Å². The van der Waals surface area contributed by atoms with Gasteiger partial charge in [-0.2, -0.15) is 0 Å². The molecule has 0 spiro atoms. The van der Waals surface area contributed by atoms with E-state index < -0.39 is 6.04 Å². The lowest BCUT2D eigenvalue weighted by Gasteiger charge is -2.44. The summed E-state index contributed by atoms with van der Waals surface area (Å²) in [4.78, 5) is 31.3. The molecule has 1 heterocycles. The molecule has 192 valence electrons. The molecule has 2 aliphatic carbocycles. The number of carbonyl (C=O) groups excluding carboxylic acids is 2. The van der Waals surface area contributed by atoms with Crippen LogP contribution in [0.4, 0.5) is 0 Å². The molecule has 2 fully saturated rings. The lowest BCUT2D eigenvalue weighted by atomic mass is 9.94. The highest BCUT2D eigenvalue weighted by atomic mass is 16.5. The summed E-state index contributed by atoms with van der Waals surface area (Å²) in [5.74, 6) is 1.39. The molecule has 1 saturated carbocycles. The summed E-state index contributed by atoms with van der Waals surface area (Å²) in [6.45, 7) is 3.45. The number of piperazine rings is 1. The third kappa shape index (κ3) is 6.20. The SMILES string of the molecule is CCCOc1ccc([C@@H]2C(=O)N(C3CCCCCC3)CC(=O)N2CCC2=CCCCC2)cc1OC. The summed E-state index contributed by atoms with van der Waals surface area (Å²) in [6.07, 6.45) is 15.4. The van der Waals surface area contributed by atoms with Crippen LogP contribution in [-0.2, 0) is 9.59 Å². The maximum Gasteiger partial charge on any atom is 0.250 e. The number of hydrogen-bond donors (Lipinski definition) is 0. The zero-order valence-corrected chi connectivity index (χ0v) is 21.6. The van der Waals surface area contributed by atoms with Gasteiger partial charge in [0.15, 0.2) is 11.5 Å². The molecule has 6 heteroatoms. The van der Waals surface area contributed by atoms with Crippen molar-refractivity contribution in [2.24, 2.45) is 0 Å². The van der Waals surface area contributed by atoms with Crippen molar-refractivity contribution in [2.45, 2.75) is 96.1 Å². The minimum atomic E-state index is -0.613. The van der Waals surface area contributed by atoms with Crippen LogP contribution in [0, 0.1) is 0 Å². The van der Waals surface area contributed by atoms with Gasteiger partial charge in [-0.15, -0.1) is 0 Å². The molecule has 0 unspecified atom stereocenters. The number of hydrogen-bond acceptors (Lipinski definition) is 4. The van der Waals surface area contributed by atoms with Crippen molar-refractivity contribution in [1.82, 2.24) is 9.80 Å². The molecule has 1 aromatic rings. The number of nitrogens with zero attached hydrogens (tertiary/aromatic N) is 2. The van der Waals surface area contributed by atoms with Crippen molar-refractivity contribution in [3.05, 3.63) is 35.4 Å². The molecule has 6 nitrogen and oxygen atoms in total. The minimum Gasteiger partial charge on any atom is -0.493 e. The van der Waals surface area contributed by atoms with E-state index in [0.717, 1.165) is 56.9 Å². The Kier molecular flexibility index (Phi) is 9.11. The summed E-state index contributed by atoms with van der Waals surface area (Å²) >= 11 is 0. The highest BCUT2D eigenvalue weighted by Gasteiger charge is 2.42. The minimum absolute atomic E-state index is 0.0541. The van der Waals surface area contributed by atoms with Gasteiger partial charge in [-0.25, -0.2) is 0 Å². The van der Waals surface area contributed by atoms with Gasteiger partial charge in [0.1, 0.15) is 12.6 Å². The second kappa shape index (κ2) is 12.5. The lowest BCUT2D eigenvalue weighted by Crippen LogP contribution is -2.58. The number of rotatable bonds is 9. The van der Waals surface area contributed by atoms with Gasteiger partial charge in [-0.3, -0.25) is 9.59 Å². The fourth-order valence-electron chi connectivity index (χ4n) is 5.78. The van der Waals surface area contributed by atoms with E-state index in [1.54, 1.807) is 7.11 Å². The standard InChI is InChI=1S/C29H42N2O4/c1-3-19-35-25-16-15-23(20-26(25)34-2)28-29(33)31(24-13-9-4-5-10-14-24)21-27(32)30(28)18-17-22-11-7-6-8-12-22/h11,15-16,20,24,28H,3-10,12-14,17-19,21H2,1-2H3/t28-/m1/s1. The van der Waals surface area contributed by atoms with Crippen LogP contribution in [0.5, 0.6) is 11.5 Å². The van der Waals surface area contributed by atoms with E-state index in [2.05, 4.69) is 13.0 Å². The van der Waals surface area contributed by atoms with Crippen LogP contribution >= 0.6 is 0 Å². The number of benzene rings is 1. The summed E-state index contributed by atoms with van der Waals surface area (Å²) in [6, 6.07) is 5.26. The highest BCUT2D eigenvalue weighted by molar-refractivity contribution is 5.96. The van der Waals surface area contributed by atoms with Crippen molar-refractivity contribution in [2.75, 3.05) is 26.8 Å². The van der Waals surface area contributed by atoms with Crippen LogP contribution in [0.2, 0.25) is 0 Å². The fourth-order valence-corrected chi connectivity index (χ4v) is 5.78. The number of amides is 2. The Morgan fingerprint density at radius 1 is 1.00 bits per heavy atom. The molecule has 4 rings (SSSR count). The Balaban J connectivity index is 1.63. The molecule has 2 amide bonds. The van der Waals surface area contributed by atoms with Crippen molar-refractivity contribution >= 4 is 11.8 Å². The van der Waals surface area contributed by atoms with Crippen LogP contribution in [-0.4, -0.2) is 54.5 Å². The van der Waals surface area contributed by atoms with Gasteiger partial charge in [-0.05, 0) is 69.1 Å². The summed E-state index contributed by atoms with van der Waals surface area (Å²) < 4.78 is 11.5. The van der Waals surface area contributed by atoms with Crippen molar-refractivity contribution in [3.8, 4) is 11.5 Å². The predicted octanol–water partition coefficient (Wildman–Crippen LogP) is 5.81. The van der Waals surface area contributed by atoms with E-state index in [4.69, 9.17) is 9.47 Å². The molecule has 0 N–H and O–H groups in total. The normalized spacial score (nSPS) is 22.1. The molecule has 0 bridgehead atoms. The molecule has 0 radical (unpaired) electrons. The van der Waals surface area contributed by atoms with Gasteiger partial charge < -0.3 is 19.3 Å². The Morgan fingerprint density at radius 2 is 1.80 bits per heavy atom. The zero-order valence-electron chi connectivity index (χ0n) is 21.6. The maximum absolute atomic E-state index is 14.0.